The minimum Gasteiger partial charge on any atom is -0.508 e. The molecule has 0 bridgehead atoms. The highest BCUT2D eigenvalue weighted by Gasteiger charge is 2.06. The summed E-state index contributed by atoms with van der Waals surface area (Å²) >= 11 is 0. The third kappa shape index (κ3) is 1.86. The van der Waals surface area contributed by atoms with Gasteiger partial charge in [-0.2, -0.15) is 5.10 Å². The van der Waals surface area contributed by atoms with Gasteiger partial charge in [0.1, 0.15) is 5.75 Å². The SMILES string of the molecule is CCn1nc(C)cc1-c1cccc(O)c1. The molecule has 0 radical (unpaired) electrons. The first kappa shape index (κ1) is 9.77. The number of aromatic hydroxyl groups is 1. The summed E-state index contributed by atoms with van der Waals surface area (Å²) in [5, 5.41) is 13.8. The number of rotatable bonds is 2. The van der Waals surface area contributed by atoms with Gasteiger partial charge in [-0.3, -0.25) is 4.68 Å². The standard InChI is InChI=1S/C12H14N2O/c1-3-14-12(7-9(2)13-14)10-5-4-6-11(15)8-10/h4-8,15H,3H2,1-2H3. The summed E-state index contributed by atoms with van der Waals surface area (Å²) in [4.78, 5) is 0. The van der Waals surface area contributed by atoms with Gasteiger partial charge in [-0.15, -0.1) is 0 Å². The van der Waals surface area contributed by atoms with Crippen molar-refractivity contribution in [2.45, 2.75) is 20.4 Å². The third-order valence-corrected chi connectivity index (χ3v) is 2.34. The third-order valence-electron chi connectivity index (χ3n) is 2.34. The quantitative estimate of drug-likeness (QED) is 0.812. The zero-order valence-corrected chi connectivity index (χ0v) is 8.94. The van der Waals surface area contributed by atoms with E-state index in [1.807, 2.05) is 29.8 Å². The van der Waals surface area contributed by atoms with Gasteiger partial charge in [-0.1, -0.05) is 12.1 Å². The lowest BCUT2D eigenvalue weighted by Gasteiger charge is -2.04. The molecular weight excluding hydrogens is 188 g/mol. The Labute approximate surface area is 89.0 Å². The predicted molar refractivity (Wildman–Crippen MR) is 59.7 cm³/mol. The summed E-state index contributed by atoms with van der Waals surface area (Å²) < 4.78 is 1.93. The molecule has 2 aromatic rings. The molecule has 0 atom stereocenters. The maximum Gasteiger partial charge on any atom is 0.116 e. The lowest BCUT2D eigenvalue weighted by atomic mass is 10.1. The van der Waals surface area contributed by atoms with E-state index in [1.54, 1.807) is 12.1 Å². The fourth-order valence-corrected chi connectivity index (χ4v) is 1.68. The van der Waals surface area contributed by atoms with Crippen LogP contribution < -0.4 is 0 Å². The molecule has 15 heavy (non-hydrogen) atoms. The minimum absolute atomic E-state index is 0.286. The van der Waals surface area contributed by atoms with Gasteiger partial charge in [0.2, 0.25) is 0 Å². The van der Waals surface area contributed by atoms with Crippen LogP contribution in [-0.2, 0) is 6.54 Å². The van der Waals surface area contributed by atoms with Gasteiger partial charge in [-0.05, 0) is 32.0 Å². The second-order valence-corrected chi connectivity index (χ2v) is 3.54. The van der Waals surface area contributed by atoms with Crippen LogP contribution in [0.3, 0.4) is 0 Å². The second kappa shape index (κ2) is 3.77. The summed E-state index contributed by atoms with van der Waals surface area (Å²) in [6, 6.07) is 9.26. The Balaban J connectivity index is 2.53. The van der Waals surface area contributed by atoms with Crippen molar-refractivity contribution in [1.82, 2.24) is 9.78 Å². The number of phenols is 1. The van der Waals surface area contributed by atoms with Crippen LogP contribution in [0.1, 0.15) is 12.6 Å². The number of aromatic nitrogens is 2. The molecule has 0 amide bonds. The Bertz CT molecular complexity index is 474. The van der Waals surface area contributed by atoms with E-state index in [9.17, 15) is 5.11 Å². The number of hydrogen-bond donors (Lipinski definition) is 1. The molecule has 0 aliphatic carbocycles. The van der Waals surface area contributed by atoms with E-state index in [2.05, 4.69) is 12.0 Å². The van der Waals surface area contributed by atoms with Gasteiger partial charge in [-0.25, -0.2) is 0 Å². The van der Waals surface area contributed by atoms with E-state index in [0.29, 0.717) is 0 Å². The molecule has 2 rings (SSSR count). The van der Waals surface area contributed by atoms with E-state index in [-0.39, 0.29) is 5.75 Å². The molecule has 0 aliphatic rings. The maximum absolute atomic E-state index is 9.42. The molecule has 0 spiro atoms. The van der Waals surface area contributed by atoms with Crippen LogP contribution in [0.5, 0.6) is 5.75 Å². The van der Waals surface area contributed by atoms with Gasteiger partial charge in [0.05, 0.1) is 11.4 Å². The van der Waals surface area contributed by atoms with Gasteiger partial charge in [0.15, 0.2) is 0 Å². The van der Waals surface area contributed by atoms with E-state index in [1.165, 1.54) is 0 Å². The molecule has 1 heterocycles. The van der Waals surface area contributed by atoms with Crippen molar-refractivity contribution < 1.29 is 5.11 Å². The molecule has 0 saturated carbocycles. The minimum atomic E-state index is 0.286. The molecule has 1 N–H and O–H groups in total. The summed E-state index contributed by atoms with van der Waals surface area (Å²) in [7, 11) is 0. The average Bonchev–Trinajstić information content (AvgIpc) is 2.59. The van der Waals surface area contributed by atoms with Crippen molar-refractivity contribution in [2.24, 2.45) is 0 Å². The Morgan fingerprint density at radius 1 is 1.33 bits per heavy atom. The fourth-order valence-electron chi connectivity index (χ4n) is 1.68. The molecule has 78 valence electrons. The fraction of sp³-hybridized carbons (Fsp3) is 0.250. The Kier molecular flexibility index (Phi) is 2.46. The Morgan fingerprint density at radius 3 is 2.80 bits per heavy atom. The first-order chi connectivity index (χ1) is 7.20. The molecule has 1 aromatic carbocycles. The molecule has 0 aliphatic heterocycles. The van der Waals surface area contributed by atoms with E-state index < -0.39 is 0 Å². The summed E-state index contributed by atoms with van der Waals surface area (Å²) in [6.45, 7) is 4.86. The Hall–Kier alpha value is -1.77. The zero-order chi connectivity index (χ0) is 10.8. The van der Waals surface area contributed by atoms with Crippen LogP contribution in [0.4, 0.5) is 0 Å². The molecule has 0 unspecified atom stereocenters. The topological polar surface area (TPSA) is 38.0 Å². The predicted octanol–water partition coefficient (Wildman–Crippen LogP) is 2.58. The van der Waals surface area contributed by atoms with Crippen molar-refractivity contribution in [1.29, 1.82) is 0 Å². The van der Waals surface area contributed by atoms with Crippen LogP contribution in [0, 0.1) is 6.92 Å². The molecule has 0 saturated heterocycles. The number of aryl methyl sites for hydroxylation is 2. The molecular formula is C12H14N2O. The van der Waals surface area contributed by atoms with Crippen molar-refractivity contribution >= 4 is 0 Å². The lowest BCUT2D eigenvalue weighted by Crippen LogP contribution is -1.98. The first-order valence-electron chi connectivity index (χ1n) is 5.04. The smallest absolute Gasteiger partial charge is 0.116 e. The average molecular weight is 202 g/mol. The van der Waals surface area contributed by atoms with Crippen molar-refractivity contribution in [3.05, 3.63) is 36.0 Å². The largest absolute Gasteiger partial charge is 0.508 e. The van der Waals surface area contributed by atoms with Crippen molar-refractivity contribution in [3.63, 3.8) is 0 Å². The summed E-state index contributed by atoms with van der Waals surface area (Å²) in [5.74, 6) is 0.286. The van der Waals surface area contributed by atoms with Crippen LogP contribution in [0.25, 0.3) is 11.3 Å². The highest BCUT2D eigenvalue weighted by Crippen LogP contribution is 2.23. The van der Waals surface area contributed by atoms with Crippen LogP contribution in [0.15, 0.2) is 30.3 Å². The lowest BCUT2D eigenvalue weighted by molar-refractivity contribution is 0.475. The summed E-state index contributed by atoms with van der Waals surface area (Å²) in [6.07, 6.45) is 0. The van der Waals surface area contributed by atoms with E-state index in [0.717, 1.165) is 23.5 Å². The van der Waals surface area contributed by atoms with Gasteiger partial charge < -0.3 is 5.11 Å². The number of nitrogens with zero attached hydrogens (tertiary/aromatic N) is 2. The van der Waals surface area contributed by atoms with Crippen molar-refractivity contribution in [2.75, 3.05) is 0 Å². The Morgan fingerprint density at radius 2 is 2.13 bits per heavy atom. The molecule has 3 heteroatoms. The molecule has 3 nitrogen and oxygen atoms in total. The van der Waals surface area contributed by atoms with Crippen molar-refractivity contribution in [3.8, 4) is 17.0 Å². The van der Waals surface area contributed by atoms with Crippen LogP contribution >= 0.6 is 0 Å². The highest BCUT2D eigenvalue weighted by molar-refractivity contribution is 5.61. The normalized spacial score (nSPS) is 10.5. The monoisotopic (exact) mass is 202 g/mol. The van der Waals surface area contributed by atoms with Crippen LogP contribution in [-0.4, -0.2) is 14.9 Å². The van der Waals surface area contributed by atoms with Gasteiger partial charge >= 0.3 is 0 Å². The van der Waals surface area contributed by atoms with Crippen LogP contribution in [0.2, 0.25) is 0 Å². The molecule has 1 aromatic heterocycles. The van der Waals surface area contributed by atoms with E-state index >= 15 is 0 Å². The second-order valence-electron chi connectivity index (χ2n) is 3.54. The van der Waals surface area contributed by atoms with Gasteiger partial charge in [0, 0.05) is 12.1 Å². The van der Waals surface area contributed by atoms with E-state index in [4.69, 9.17) is 0 Å². The number of phenolic OH excluding ortho intramolecular Hbond substituents is 1. The summed E-state index contributed by atoms with van der Waals surface area (Å²) in [5.41, 5.74) is 3.04. The van der Waals surface area contributed by atoms with Gasteiger partial charge in [0.25, 0.3) is 0 Å². The highest BCUT2D eigenvalue weighted by atomic mass is 16.3. The maximum atomic E-state index is 9.42. The number of benzene rings is 1. The zero-order valence-electron chi connectivity index (χ0n) is 8.94. The molecule has 0 fully saturated rings. The number of hydrogen-bond acceptors (Lipinski definition) is 2. The first-order valence-corrected chi connectivity index (χ1v) is 5.04.